The number of hydrogen-bond acceptors (Lipinski definition) is 2. The van der Waals surface area contributed by atoms with Crippen molar-refractivity contribution >= 4 is 22.8 Å². The first-order valence-electron chi connectivity index (χ1n) is 6.38. The normalized spacial score (nSPS) is 11.3. The third-order valence-electron chi connectivity index (χ3n) is 3.37. The van der Waals surface area contributed by atoms with Gasteiger partial charge in [0.15, 0.2) is 5.65 Å². The molecule has 0 aliphatic carbocycles. The zero-order chi connectivity index (χ0) is 15.1. The van der Waals surface area contributed by atoms with Crippen molar-refractivity contribution in [1.29, 1.82) is 0 Å². The number of rotatable bonds is 2. The van der Waals surface area contributed by atoms with Gasteiger partial charge in [-0.3, -0.25) is 4.57 Å². The fourth-order valence-corrected chi connectivity index (χ4v) is 2.42. The van der Waals surface area contributed by atoms with E-state index in [-0.39, 0.29) is 5.56 Å². The SMILES string of the molecule is Cc1cc2nc(C)n(-c3ccc(CF)c(F)c3)c2nc1Cl. The van der Waals surface area contributed by atoms with E-state index in [1.54, 1.807) is 17.6 Å². The van der Waals surface area contributed by atoms with Gasteiger partial charge in [0, 0.05) is 5.56 Å². The lowest BCUT2D eigenvalue weighted by molar-refractivity contribution is 0.464. The van der Waals surface area contributed by atoms with Crippen LogP contribution in [0.25, 0.3) is 16.9 Å². The minimum Gasteiger partial charge on any atom is -0.281 e. The molecule has 0 spiro atoms. The summed E-state index contributed by atoms with van der Waals surface area (Å²) in [5, 5.41) is 0.379. The molecule has 0 amide bonds. The molecule has 0 bridgehead atoms. The molecule has 0 saturated heterocycles. The van der Waals surface area contributed by atoms with Crippen molar-refractivity contribution in [1.82, 2.24) is 14.5 Å². The molecule has 2 aromatic heterocycles. The van der Waals surface area contributed by atoms with Crippen LogP contribution in [0.2, 0.25) is 5.15 Å². The maximum Gasteiger partial charge on any atom is 0.166 e. The average molecular weight is 308 g/mol. The fourth-order valence-electron chi connectivity index (χ4n) is 2.28. The first-order valence-corrected chi connectivity index (χ1v) is 6.76. The van der Waals surface area contributed by atoms with E-state index in [2.05, 4.69) is 9.97 Å². The summed E-state index contributed by atoms with van der Waals surface area (Å²) in [6.07, 6.45) is 0. The van der Waals surface area contributed by atoms with Crippen LogP contribution in [0.1, 0.15) is 17.0 Å². The van der Waals surface area contributed by atoms with E-state index < -0.39 is 12.5 Å². The summed E-state index contributed by atoms with van der Waals surface area (Å²) in [6, 6.07) is 6.17. The molecule has 3 nitrogen and oxygen atoms in total. The molecule has 0 aliphatic rings. The van der Waals surface area contributed by atoms with Crippen LogP contribution in [0.15, 0.2) is 24.3 Å². The van der Waals surface area contributed by atoms with Gasteiger partial charge in [-0.05, 0) is 37.6 Å². The molecule has 1 aromatic carbocycles. The molecule has 0 atom stereocenters. The van der Waals surface area contributed by atoms with E-state index >= 15 is 0 Å². The van der Waals surface area contributed by atoms with Crippen molar-refractivity contribution in [3.8, 4) is 5.69 Å². The molecular weight excluding hydrogens is 296 g/mol. The lowest BCUT2D eigenvalue weighted by atomic mass is 10.2. The Kier molecular flexibility index (Phi) is 3.37. The van der Waals surface area contributed by atoms with Crippen LogP contribution < -0.4 is 0 Å². The summed E-state index contributed by atoms with van der Waals surface area (Å²) < 4.78 is 28.1. The van der Waals surface area contributed by atoms with Crippen LogP contribution in [0.3, 0.4) is 0 Å². The average Bonchev–Trinajstić information content (AvgIpc) is 2.74. The summed E-state index contributed by atoms with van der Waals surface area (Å²) >= 11 is 6.06. The number of alkyl halides is 1. The summed E-state index contributed by atoms with van der Waals surface area (Å²) in [5.41, 5.74) is 2.63. The van der Waals surface area contributed by atoms with Crippen LogP contribution in [0.5, 0.6) is 0 Å². The molecule has 0 unspecified atom stereocenters. The molecule has 3 aromatic rings. The Morgan fingerprint density at radius 3 is 2.62 bits per heavy atom. The lowest BCUT2D eigenvalue weighted by Gasteiger charge is -2.08. The highest BCUT2D eigenvalue weighted by atomic mass is 35.5. The van der Waals surface area contributed by atoms with Crippen LogP contribution in [0, 0.1) is 19.7 Å². The zero-order valence-electron chi connectivity index (χ0n) is 11.5. The molecular formula is C15H12ClF2N3. The van der Waals surface area contributed by atoms with Crippen molar-refractivity contribution < 1.29 is 8.78 Å². The number of aromatic nitrogens is 3. The number of halogens is 3. The monoisotopic (exact) mass is 307 g/mol. The molecule has 6 heteroatoms. The maximum atomic E-state index is 13.8. The molecule has 2 heterocycles. The topological polar surface area (TPSA) is 30.7 Å². The largest absolute Gasteiger partial charge is 0.281 e. The smallest absolute Gasteiger partial charge is 0.166 e. The van der Waals surface area contributed by atoms with Crippen molar-refractivity contribution in [2.75, 3.05) is 0 Å². The molecule has 3 rings (SSSR count). The maximum absolute atomic E-state index is 13.8. The number of pyridine rings is 1. The minimum absolute atomic E-state index is 0.0302. The third-order valence-corrected chi connectivity index (χ3v) is 3.75. The van der Waals surface area contributed by atoms with Gasteiger partial charge in [-0.2, -0.15) is 0 Å². The van der Waals surface area contributed by atoms with E-state index in [0.717, 1.165) is 5.56 Å². The van der Waals surface area contributed by atoms with Crippen molar-refractivity contribution in [3.63, 3.8) is 0 Å². The Morgan fingerprint density at radius 2 is 1.95 bits per heavy atom. The first-order chi connectivity index (χ1) is 10.0. The third kappa shape index (κ3) is 2.27. The van der Waals surface area contributed by atoms with Crippen LogP contribution in [-0.4, -0.2) is 14.5 Å². The predicted octanol–water partition coefficient (Wildman–Crippen LogP) is 4.30. The molecule has 0 N–H and O–H groups in total. The van der Waals surface area contributed by atoms with Gasteiger partial charge in [-0.15, -0.1) is 0 Å². The van der Waals surface area contributed by atoms with Crippen LogP contribution in [0.4, 0.5) is 8.78 Å². The Bertz CT molecular complexity index is 843. The first kappa shape index (κ1) is 13.9. The zero-order valence-corrected chi connectivity index (χ0v) is 12.2. The van der Waals surface area contributed by atoms with E-state index in [1.807, 2.05) is 13.0 Å². The number of fused-ring (bicyclic) bond motifs is 1. The quantitative estimate of drug-likeness (QED) is 0.661. The van der Waals surface area contributed by atoms with Crippen LogP contribution >= 0.6 is 11.6 Å². The molecule has 108 valence electrons. The Balaban J connectivity index is 2.27. The van der Waals surface area contributed by atoms with E-state index in [9.17, 15) is 8.78 Å². The highest BCUT2D eigenvalue weighted by molar-refractivity contribution is 6.30. The van der Waals surface area contributed by atoms with Gasteiger partial charge in [0.25, 0.3) is 0 Å². The number of imidazole rings is 1. The van der Waals surface area contributed by atoms with E-state index in [0.29, 0.717) is 27.8 Å². The standard InChI is InChI=1S/C15H12ClF2N3/c1-8-5-13-15(20-14(8)16)21(9(2)19-13)11-4-3-10(7-17)12(18)6-11/h3-6H,7H2,1-2H3. The number of hydrogen-bond donors (Lipinski definition) is 0. The second kappa shape index (κ2) is 5.07. The summed E-state index contributed by atoms with van der Waals surface area (Å²) in [4.78, 5) is 8.72. The lowest BCUT2D eigenvalue weighted by Crippen LogP contribution is -2.00. The Hall–Kier alpha value is -2.01. The van der Waals surface area contributed by atoms with Gasteiger partial charge in [0.05, 0.1) is 5.69 Å². The highest BCUT2D eigenvalue weighted by Gasteiger charge is 2.14. The molecule has 0 radical (unpaired) electrons. The molecule has 0 fully saturated rings. The van der Waals surface area contributed by atoms with Gasteiger partial charge in [-0.1, -0.05) is 17.7 Å². The second-order valence-electron chi connectivity index (χ2n) is 4.84. The van der Waals surface area contributed by atoms with Crippen molar-refractivity contribution in [2.45, 2.75) is 20.5 Å². The predicted molar refractivity (Wildman–Crippen MR) is 78.1 cm³/mol. The second-order valence-corrected chi connectivity index (χ2v) is 5.20. The van der Waals surface area contributed by atoms with Gasteiger partial charge >= 0.3 is 0 Å². The molecule has 21 heavy (non-hydrogen) atoms. The number of aryl methyl sites for hydroxylation is 2. The van der Waals surface area contributed by atoms with Gasteiger partial charge < -0.3 is 0 Å². The number of nitrogens with zero attached hydrogens (tertiary/aromatic N) is 3. The Labute approximate surface area is 125 Å². The van der Waals surface area contributed by atoms with E-state index in [1.165, 1.54) is 12.1 Å². The van der Waals surface area contributed by atoms with Crippen molar-refractivity contribution in [3.05, 3.63) is 52.2 Å². The van der Waals surface area contributed by atoms with Gasteiger partial charge in [0.1, 0.15) is 29.0 Å². The molecule has 0 aliphatic heterocycles. The minimum atomic E-state index is -0.834. The summed E-state index contributed by atoms with van der Waals surface area (Å²) in [6.45, 7) is 2.81. The molecule has 0 saturated carbocycles. The Morgan fingerprint density at radius 1 is 1.19 bits per heavy atom. The fraction of sp³-hybridized carbons (Fsp3) is 0.200. The van der Waals surface area contributed by atoms with Crippen molar-refractivity contribution in [2.24, 2.45) is 0 Å². The van der Waals surface area contributed by atoms with E-state index in [4.69, 9.17) is 11.6 Å². The summed E-state index contributed by atoms with van der Waals surface area (Å²) in [5.74, 6) is 0.0704. The highest BCUT2D eigenvalue weighted by Crippen LogP contribution is 2.25. The van der Waals surface area contributed by atoms with Gasteiger partial charge in [0.2, 0.25) is 0 Å². The summed E-state index contributed by atoms with van der Waals surface area (Å²) in [7, 11) is 0. The van der Waals surface area contributed by atoms with Crippen LogP contribution in [-0.2, 0) is 6.67 Å². The van der Waals surface area contributed by atoms with Gasteiger partial charge in [-0.25, -0.2) is 18.7 Å². The number of benzene rings is 1.